The Morgan fingerprint density at radius 2 is 2.04 bits per heavy atom. The topological polar surface area (TPSA) is 65.0 Å². The molecule has 4 unspecified atom stereocenters. The van der Waals surface area contributed by atoms with Crippen LogP contribution in [0.5, 0.6) is 5.75 Å². The Kier molecular flexibility index (Phi) is 6.58. The molecule has 0 spiro atoms. The summed E-state index contributed by atoms with van der Waals surface area (Å²) in [5.74, 6) is -0.108. The Morgan fingerprint density at radius 3 is 2.68 bits per heavy atom. The van der Waals surface area contributed by atoms with Crippen molar-refractivity contribution in [2.45, 2.75) is 83.9 Å². The van der Waals surface area contributed by atoms with Gasteiger partial charge in [-0.3, -0.25) is 0 Å². The molecule has 0 radical (unpaired) electrons. The van der Waals surface area contributed by atoms with E-state index in [1.165, 1.54) is 0 Å². The minimum Gasteiger partial charge on any atom is -0.462 e. The zero-order chi connectivity index (χ0) is 20.5. The molecule has 1 N–H and O–H groups in total. The molecule has 1 saturated carbocycles. The van der Waals surface area contributed by atoms with E-state index >= 15 is 0 Å². The molecule has 1 aromatic rings. The largest absolute Gasteiger partial charge is 0.462 e. The normalized spacial score (nSPS) is 29.1. The maximum absolute atomic E-state index is 13.2. The number of esters is 1. The lowest BCUT2D eigenvalue weighted by atomic mass is 9.78. The molecule has 4 atom stereocenters. The molecular formula is C22H31ClO5. The van der Waals surface area contributed by atoms with E-state index in [1.54, 1.807) is 18.2 Å². The van der Waals surface area contributed by atoms with Gasteiger partial charge in [-0.15, -0.1) is 0 Å². The van der Waals surface area contributed by atoms with E-state index in [0.717, 1.165) is 12.8 Å². The lowest BCUT2D eigenvalue weighted by Crippen LogP contribution is -2.46. The Hall–Kier alpha value is -1.30. The van der Waals surface area contributed by atoms with Crippen molar-refractivity contribution in [3.05, 3.63) is 28.8 Å². The fourth-order valence-electron chi connectivity index (χ4n) is 4.30. The minimum atomic E-state index is -0.894. The summed E-state index contributed by atoms with van der Waals surface area (Å²) < 4.78 is 18.2. The summed E-state index contributed by atoms with van der Waals surface area (Å²) >= 11 is 6.16. The maximum Gasteiger partial charge on any atom is 0.340 e. The van der Waals surface area contributed by atoms with Crippen LogP contribution in [0, 0.1) is 11.8 Å². The highest BCUT2D eigenvalue weighted by Crippen LogP contribution is 2.44. The van der Waals surface area contributed by atoms with Crippen LogP contribution in [-0.4, -0.2) is 29.1 Å². The van der Waals surface area contributed by atoms with Crippen molar-refractivity contribution in [2.24, 2.45) is 11.8 Å². The van der Waals surface area contributed by atoms with Crippen molar-refractivity contribution in [1.29, 1.82) is 0 Å². The summed E-state index contributed by atoms with van der Waals surface area (Å²) in [5.41, 5.74) is 0.590. The average molecular weight is 411 g/mol. The molecule has 3 rings (SSSR count). The SMILES string of the molecule is CCC1(CC)Oc2ccc(Cl)cc2C(C(=O)OC2CC(O)CCC2C(C)C)O1. The minimum absolute atomic E-state index is 0.230. The first-order valence-electron chi connectivity index (χ1n) is 10.3. The average Bonchev–Trinajstić information content (AvgIpc) is 2.67. The third-order valence-electron chi connectivity index (χ3n) is 6.11. The monoisotopic (exact) mass is 410 g/mol. The molecule has 1 aliphatic heterocycles. The molecule has 28 heavy (non-hydrogen) atoms. The lowest BCUT2D eigenvalue weighted by Gasteiger charge is -2.42. The molecule has 1 heterocycles. The summed E-state index contributed by atoms with van der Waals surface area (Å²) in [6.45, 7) is 8.20. The number of ether oxygens (including phenoxy) is 3. The molecule has 6 heteroatoms. The standard InChI is InChI=1S/C22H31ClO5/c1-5-22(6-2)27-18-10-7-14(23)11-17(18)20(28-22)21(25)26-19-12-15(24)8-9-16(19)13(3)4/h7,10-11,13,15-16,19-20,24H,5-6,8-9,12H2,1-4H3. The number of carbonyl (C=O) groups excluding carboxylic acids is 1. The number of carbonyl (C=O) groups is 1. The van der Waals surface area contributed by atoms with Crippen molar-refractivity contribution in [3.8, 4) is 5.75 Å². The highest BCUT2D eigenvalue weighted by Gasteiger charge is 2.45. The highest BCUT2D eigenvalue weighted by atomic mass is 35.5. The lowest BCUT2D eigenvalue weighted by molar-refractivity contribution is -0.243. The van der Waals surface area contributed by atoms with Gasteiger partial charge in [0.15, 0.2) is 6.10 Å². The van der Waals surface area contributed by atoms with Crippen LogP contribution in [0.25, 0.3) is 0 Å². The smallest absolute Gasteiger partial charge is 0.340 e. The summed E-state index contributed by atoms with van der Waals surface area (Å²) in [5, 5.41) is 10.6. The van der Waals surface area contributed by atoms with Crippen molar-refractivity contribution < 1.29 is 24.1 Å². The molecule has 1 aromatic carbocycles. The Bertz CT molecular complexity index is 700. The van der Waals surface area contributed by atoms with Crippen LogP contribution in [-0.2, 0) is 14.3 Å². The maximum atomic E-state index is 13.2. The fourth-order valence-corrected chi connectivity index (χ4v) is 4.48. The van der Waals surface area contributed by atoms with Crippen LogP contribution < -0.4 is 4.74 Å². The molecule has 0 amide bonds. The second kappa shape index (κ2) is 8.60. The summed E-state index contributed by atoms with van der Waals surface area (Å²) in [4.78, 5) is 13.2. The van der Waals surface area contributed by atoms with Gasteiger partial charge in [0, 0.05) is 29.8 Å². The summed E-state index contributed by atoms with van der Waals surface area (Å²) in [6, 6.07) is 5.23. The van der Waals surface area contributed by atoms with E-state index < -0.39 is 24.0 Å². The molecule has 1 aliphatic carbocycles. The first kappa shape index (κ1) is 21.4. The van der Waals surface area contributed by atoms with Crippen molar-refractivity contribution in [3.63, 3.8) is 0 Å². The first-order valence-corrected chi connectivity index (χ1v) is 10.7. The molecule has 156 valence electrons. The number of hydrogen-bond acceptors (Lipinski definition) is 5. The van der Waals surface area contributed by atoms with Crippen LogP contribution in [0.4, 0.5) is 0 Å². The van der Waals surface area contributed by atoms with Crippen molar-refractivity contribution in [1.82, 2.24) is 0 Å². The van der Waals surface area contributed by atoms with Crippen molar-refractivity contribution in [2.75, 3.05) is 0 Å². The molecule has 5 nitrogen and oxygen atoms in total. The zero-order valence-electron chi connectivity index (χ0n) is 17.1. The Balaban J connectivity index is 1.88. The molecular weight excluding hydrogens is 380 g/mol. The number of aliphatic hydroxyl groups is 1. The van der Waals surface area contributed by atoms with Gasteiger partial charge in [0.05, 0.1) is 6.10 Å². The second-order valence-electron chi connectivity index (χ2n) is 8.25. The second-order valence-corrected chi connectivity index (χ2v) is 8.69. The van der Waals surface area contributed by atoms with E-state index in [1.807, 2.05) is 13.8 Å². The number of fused-ring (bicyclic) bond motifs is 1. The van der Waals surface area contributed by atoms with Gasteiger partial charge in [-0.1, -0.05) is 39.3 Å². The van der Waals surface area contributed by atoms with Gasteiger partial charge in [0.25, 0.3) is 0 Å². The molecule has 0 aromatic heterocycles. The van der Waals surface area contributed by atoms with E-state index in [-0.39, 0.29) is 12.0 Å². The van der Waals surface area contributed by atoms with Gasteiger partial charge in [0.2, 0.25) is 5.79 Å². The van der Waals surface area contributed by atoms with E-state index in [0.29, 0.717) is 41.5 Å². The van der Waals surface area contributed by atoms with E-state index in [4.69, 9.17) is 25.8 Å². The van der Waals surface area contributed by atoms with E-state index in [9.17, 15) is 9.90 Å². The summed E-state index contributed by atoms with van der Waals surface area (Å²) in [7, 11) is 0. The predicted molar refractivity (Wildman–Crippen MR) is 107 cm³/mol. The van der Waals surface area contributed by atoms with E-state index in [2.05, 4.69) is 13.8 Å². The number of rotatable bonds is 5. The van der Waals surface area contributed by atoms with Crippen LogP contribution in [0.2, 0.25) is 5.02 Å². The quantitative estimate of drug-likeness (QED) is 0.689. The third kappa shape index (κ3) is 4.32. The molecule has 2 aliphatic rings. The van der Waals surface area contributed by atoms with Crippen LogP contribution >= 0.6 is 11.6 Å². The molecule has 1 fully saturated rings. The van der Waals surface area contributed by atoms with Gasteiger partial charge in [-0.2, -0.15) is 0 Å². The van der Waals surface area contributed by atoms with Crippen molar-refractivity contribution >= 4 is 17.6 Å². The number of hydrogen-bond donors (Lipinski definition) is 1. The zero-order valence-corrected chi connectivity index (χ0v) is 17.9. The third-order valence-corrected chi connectivity index (χ3v) is 6.35. The number of benzene rings is 1. The first-order chi connectivity index (χ1) is 13.3. The number of halogens is 1. The fraction of sp³-hybridized carbons (Fsp3) is 0.682. The highest BCUT2D eigenvalue weighted by molar-refractivity contribution is 6.30. The van der Waals surface area contributed by atoms with Crippen LogP contribution in [0.15, 0.2) is 18.2 Å². The molecule has 0 saturated heterocycles. The predicted octanol–water partition coefficient (Wildman–Crippen LogP) is 5.04. The van der Waals surface area contributed by atoms with Gasteiger partial charge in [-0.05, 0) is 42.9 Å². The van der Waals surface area contributed by atoms with Gasteiger partial charge >= 0.3 is 5.97 Å². The van der Waals surface area contributed by atoms with Crippen LogP contribution in [0.1, 0.15) is 71.5 Å². The Morgan fingerprint density at radius 1 is 1.32 bits per heavy atom. The molecule has 0 bridgehead atoms. The Labute approximate surface area is 172 Å². The van der Waals surface area contributed by atoms with Gasteiger partial charge in [0.1, 0.15) is 11.9 Å². The number of aliphatic hydroxyl groups excluding tert-OH is 1. The van der Waals surface area contributed by atoms with Crippen LogP contribution in [0.3, 0.4) is 0 Å². The summed E-state index contributed by atoms with van der Waals surface area (Å²) in [6.07, 6.45) is 1.62. The van der Waals surface area contributed by atoms with Gasteiger partial charge in [-0.25, -0.2) is 4.79 Å². The van der Waals surface area contributed by atoms with Gasteiger partial charge < -0.3 is 19.3 Å².